The second-order valence-corrected chi connectivity index (χ2v) is 7.50. The van der Waals surface area contributed by atoms with Crippen molar-refractivity contribution < 1.29 is 18.7 Å². The first kappa shape index (κ1) is 20.2. The molecular weight excluding hydrogens is 405 g/mol. The number of nitrogens with zero attached hydrogens (tertiary/aromatic N) is 1. The zero-order valence-corrected chi connectivity index (χ0v) is 17.4. The van der Waals surface area contributed by atoms with Gasteiger partial charge in [-0.15, -0.1) is 0 Å². The highest BCUT2D eigenvalue weighted by molar-refractivity contribution is 6.31. The lowest BCUT2D eigenvalue weighted by Crippen LogP contribution is -2.40. The molecule has 0 bridgehead atoms. The molecule has 1 amide bonds. The zero-order valence-electron chi connectivity index (χ0n) is 16.7. The third-order valence-corrected chi connectivity index (χ3v) is 5.75. The zero-order chi connectivity index (χ0) is 21.3. The van der Waals surface area contributed by atoms with Crippen LogP contribution in [-0.2, 0) is 6.42 Å². The van der Waals surface area contributed by atoms with E-state index in [0.717, 1.165) is 16.7 Å². The standard InChI is InChI=1S/C24H21ClFNO3/c1-29-21-13-15-10-11-27(24(28)16-6-5-7-17(26)12-16)23(19(15)14-22(21)30-2)18-8-3-4-9-20(18)25/h3-9,12-14,23H,10-11H2,1-2H3/t23-/m0/s1. The molecule has 4 rings (SSSR count). The summed E-state index contributed by atoms with van der Waals surface area (Å²) in [4.78, 5) is 15.1. The van der Waals surface area contributed by atoms with Crippen LogP contribution in [0, 0.1) is 5.82 Å². The number of benzene rings is 3. The van der Waals surface area contributed by atoms with Crippen LogP contribution in [0.2, 0.25) is 5.02 Å². The van der Waals surface area contributed by atoms with E-state index in [9.17, 15) is 9.18 Å². The van der Waals surface area contributed by atoms with E-state index in [-0.39, 0.29) is 5.91 Å². The number of halogens is 2. The van der Waals surface area contributed by atoms with Crippen molar-refractivity contribution in [3.63, 3.8) is 0 Å². The van der Waals surface area contributed by atoms with Crippen LogP contribution in [0.4, 0.5) is 4.39 Å². The molecule has 0 saturated carbocycles. The number of hydrogen-bond donors (Lipinski definition) is 0. The molecule has 0 spiro atoms. The van der Waals surface area contributed by atoms with Crippen LogP contribution in [0.5, 0.6) is 11.5 Å². The van der Waals surface area contributed by atoms with E-state index < -0.39 is 11.9 Å². The number of amides is 1. The number of methoxy groups -OCH3 is 2. The van der Waals surface area contributed by atoms with Crippen molar-refractivity contribution in [2.75, 3.05) is 20.8 Å². The molecule has 0 radical (unpaired) electrons. The predicted octanol–water partition coefficient (Wildman–Crippen LogP) is 5.28. The van der Waals surface area contributed by atoms with E-state index in [1.807, 2.05) is 30.3 Å². The van der Waals surface area contributed by atoms with Crippen molar-refractivity contribution in [3.05, 3.63) is 93.8 Å². The van der Waals surface area contributed by atoms with E-state index >= 15 is 0 Å². The van der Waals surface area contributed by atoms with Crippen molar-refractivity contribution in [1.82, 2.24) is 4.90 Å². The Morgan fingerprint density at radius 3 is 2.43 bits per heavy atom. The molecule has 1 aliphatic heterocycles. The van der Waals surface area contributed by atoms with Gasteiger partial charge in [0.1, 0.15) is 5.82 Å². The van der Waals surface area contributed by atoms with Crippen LogP contribution >= 0.6 is 11.6 Å². The first-order chi connectivity index (χ1) is 14.5. The minimum absolute atomic E-state index is 0.250. The Bertz CT molecular complexity index is 1100. The summed E-state index contributed by atoms with van der Waals surface area (Å²) in [6.07, 6.45) is 0.637. The Balaban J connectivity index is 1.88. The molecule has 1 aliphatic rings. The second-order valence-electron chi connectivity index (χ2n) is 7.09. The molecule has 0 unspecified atom stereocenters. The molecule has 30 heavy (non-hydrogen) atoms. The Morgan fingerprint density at radius 1 is 1.00 bits per heavy atom. The molecular formula is C24H21ClFNO3. The van der Waals surface area contributed by atoms with Crippen LogP contribution in [0.3, 0.4) is 0 Å². The number of hydrogen-bond acceptors (Lipinski definition) is 3. The Hall–Kier alpha value is -3.05. The lowest BCUT2D eigenvalue weighted by atomic mass is 9.87. The molecule has 0 aliphatic carbocycles. The number of carbonyl (C=O) groups excluding carboxylic acids is 1. The van der Waals surface area contributed by atoms with E-state index in [1.54, 1.807) is 37.3 Å². The van der Waals surface area contributed by atoms with Gasteiger partial charge in [-0.05, 0) is 59.5 Å². The smallest absolute Gasteiger partial charge is 0.254 e. The Kier molecular flexibility index (Phi) is 5.64. The minimum atomic E-state index is -0.445. The highest BCUT2D eigenvalue weighted by atomic mass is 35.5. The summed E-state index contributed by atoms with van der Waals surface area (Å²) < 4.78 is 24.7. The van der Waals surface area contributed by atoms with Gasteiger partial charge in [0.25, 0.3) is 5.91 Å². The summed E-state index contributed by atoms with van der Waals surface area (Å²) in [6.45, 7) is 0.466. The number of ether oxygens (including phenoxy) is 2. The molecule has 0 fully saturated rings. The topological polar surface area (TPSA) is 38.8 Å². The lowest BCUT2D eigenvalue weighted by molar-refractivity contribution is 0.0694. The van der Waals surface area contributed by atoms with Crippen molar-refractivity contribution in [1.29, 1.82) is 0 Å². The van der Waals surface area contributed by atoms with Crippen LogP contribution in [-0.4, -0.2) is 31.6 Å². The molecule has 3 aromatic carbocycles. The van der Waals surface area contributed by atoms with Gasteiger partial charge in [0.2, 0.25) is 0 Å². The van der Waals surface area contributed by atoms with Gasteiger partial charge in [-0.3, -0.25) is 4.79 Å². The van der Waals surface area contributed by atoms with E-state index in [0.29, 0.717) is 35.1 Å². The highest BCUT2D eigenvalue weighted by Gasteiger charge is 2.35. The SMILES string of the molecule is COc1cc2c(cc1OC)[C@H](c1ccccc1Cl)N(C(=O)c1cccc(F)c1)CC2. The minimum Gasteiger partial charge on any atom is -0.493 e. The van der Waals surface area contributed by atoms with Crippen molar-refractivity contribution in [3.8, 4) is 11.5 Å². The van der Waals surface area contributed by atoms with Crippen LogP contribution in [0.1, 0.15) is 33.1 Å². The molecule has 1 heterocycles. The first-order valence-electron chi connectivity index (χ1n) is 9.59. The quantitative estimate of drug-likeness (QED) is 0.570. The molecule has 6 heteroatoms. The van der Waals surface area contributed by atoms with E-state index in [1.165, 1.54) is 12.1 Å². The van der Waals surface area contributed by atoms with Crippen LogP contribution in [0.25, 0.3) is 0 Å². The molecule has 0 aromatic heterocycles. The maximum Gasteiger partial charge on any atom is 0.254 e. The van der Waals surface area contributed by atoms with Crippen LogP contribution in [0.15, 0.2) is 60.7 Å². The first-order valence-corrected chi connectivity index (χ1v) is 9.97. The predicted molar refractivity (Wildman–Crippen MR) is 114 cm³/mol. The van der Waals surface area contributed by atoms with Gasteiger partial charge >= 0.3 is 0 Å². The normalized spacial score (nSPS) is 15.5. The van der Waals surface area contributed by atoms with Gasteiger partial charge in [-0.25, -0.2) is 4.39 Å². The maximum absolute atomic E-state index is 13.8. The molecule has 154 valence electrons. The molecule has 0 N–H and O–H groups in total. The number of fused-ring (bicyclic) bond motifs is 1. The fraction of sp³-hybridized carbons (Fsp3) is 0.208. The van der Waals surface area contributed by atoms with Gasteiger partial charge in [0.15, 0.2) is 11.5 Å². The Labute approximate surface area is 179 Å². The van der Waals surface area contributed by atoms with Gasteiger partial charge in [-0.2, -0.15) is 0 Å². The lowest BCUT2D eigenvalue weighted by Gasteiger charge is -2.38. The average Bonchev–Trinajstić information content (AvgIpc) is 2.77. The largest absolute Gasteiger partial charge is 0.493 e. The van der Waals surface area contributed by atoms with Gasteiger partial charge < -0.3 is 14.4 Å². The van der Waals surface area contributed by atoms with Crippen LogP contribution < -0.4 is 9.47 Å². The fourth-order valence-electron chi connectivity index (χ4n) is 3.98. The van der Waals surface area contributed by atoms with Crippen molar-refractivity contribution in [2.45, 2.75) is 12.5 Å². The molecule has 3 aromatic rings. The van der Waals surface area contributed by atoms with E-state index in [2.05, 4.69) is 0 Å². The third-order valence-electron chi connectivity index (χ3n) is 5.41. The summed E-state index contributed by atoms with van der Waals surface area (Å²) in [5.41, 5.74) is 3.07. The summed E-state index contributed by atoms with van der Waals surface area (Å²) in [5, 5.41) is 0.558. The molecule has 1 atom stereocenters. The average molecular weight is 426 g/mol. The second kappa shape index (κ2) is 8.36. The van der Waals surface area contributed by atoms with Gasteiger partial charge in [0.05, 0.1) is 20.3 Å². The van der Waals surface area contributed by atoms with Gasteiger partial charge in [0, 0.05) is 17.1 Å². The number of rotatable bonds is 4. The van der Waals surface area contributed by atoms with Gasteiger partial charge in [-0.1, -0.05) is 35.9 Å². The summed E-state index contributed by atoms with van der Waals surface area (Å²) in [5.74, 6) is 0.520. The maximum atomic E-state index is 13.8. The third kappa shape index (κ3) is 3.61. The number of carbonyl (C=O) groups is 1. The summed E-state index contributed by atoms with van der Waals surface area (Å²) >= 11 is 6.54. The summed E-state index contributed by atoms with van der Waals surface area (Å²) in [6, 6.07) is 16.6. The monoisotopic (exact) mass is 425 g/mol. The molecule has 0 saturated heterocycles. The molecule has 4 nitrogen and oxygen atoms in total. The van der Waals surface area contributed by atoms with Crippen molar-refractivity contribution in [2.24, 2.45) is 0 Å². The fourth-order valence-corrected chi connectivity index (χ4v) is 4.22. The summed E-state index contributed by atoms with van der Waals surface area (Å²) in [7, 11) is 3.17. The van der Waals surface area contributed by atoms with Crippen molar-refractivity contribution >= 4 is 17.5 Å². The Morgan fingerprint density at radius 2 is 1.73 bits per heavy atom. The highest BCUT2D eigenvalue weighted by Crippen LogP contribution is 2.43. The van der Waals surface area contributed by atoms with E-state index in [4.69, 9.17) is 21.1 Å².